The van der Waals surface area contributed by atoms with Crippen LogP contribution in [0.2, 0.25) is 0 Å². The van der Waals surface area contributed by atoms with Crippen LogP contribution in [0, 0.1) is 6.92 Å². The summed E-state index contributed by atoms with van der Waals surface area (Å²) < 4.78 is 1.74. The van der Waals surface area contributed by atoms with E-state index in [0.29, 0.717) is 11.6 Å². The SMILES string of the molecule is Cc1cc(C(C)C)n2cnc(C(=O)O)c2n1. The van der Waals surface area contributed by atoms with E-state index in [9.17, 15) is 4.79 Å². The number of rotatable bonds is 2. The molecule has 0 amide bonds. The Morgan fingerprint density at radius 3 is 2.75 bits per heavy atom. The lowest BCUT2D eigenvalue weighted by atomic mass is 10.1. The van der Waals surface area contributed by atoms with Gasteiger partial charge in [-0.1, -0.05) is 13.8 Å². The lowest BCUT2D eigenvalue weighted by Crippen LogP contribution is -2.04. The van der Waals surface area contributed by atoms with E-state index in [0.717, 1.165) is 11.4 Å². The largest absolute Gasteiger partial charge is 0.476 e. The number of carboxylic acids is 1. The number of carbonyl (C=O) groups is 1. The van der Waals surface area contributed by atoms with Crippen LogP contribution in [0.1, 0.15) is 41.6 Å². The van der Waals surface area contributed by atoms with Crippen LogP contribution in [0.15, 0.2) is 12.4 Å². The van der Waals surface area contributed by atoms with Gasteiger partial charge in [0.25, 0.3) is 0 Å². The number of fused-ring (bicyclic) bond motifs is 1. The molecule has 2 aromatic rings. The number of aromatic carboxylic acids is 1. The van der Waals surface area contributed by atoms with E-state index in [4.69, 9.17) is 5.11 Å². The fraction of sp³-hybridized carbons (Fsp3) is 0.364. The quantitative estimate of drug-likeness (QED) is 0.837. The molecule has 0 fully saturated rings. The molecule has 5 heteroatoms. The van der Waals surface area contributed by atoms with Gasteiger partial charge in [0.2, 0.25) is 0 Å². The van der Waals surface area contributed by atoms with E-state index >= 15 is 0 Å². The van der Waals surface area contributed by atoms with Gasteiger partial charge in [-0.3, -0.25) is 4.40 Å². The van der Waals surface area contributed by atoms with Crippen molar-refractivity contribution in [2.24, 2.45) is 0 Å². The van der Waals surface area contributed by atoms with Gasteiger partial charge < -0.3 is 5.11 Å². The molecule has 2 aromatic heterocycles. The molecular formula is C11H13N3O2. The van der Waals surface area contributed by atoms with Gasteiger partial charge in [0.1, 0.15) is 6.33 Å². The first-order valence-corrected chi connectivity index (χ1v) is 5.08. The van der Waals surface area contributed by atoms with Crippen molar-refractivity contribution < 1.29 is 9.90 Å². The number of imidazole rings is 1. The monoisotopic (exact) mass is 219 g/mol. The van der Waals surface area contributed by atoms with E-state index in [-0.39, 0.29) is 5.69 Å². The molecule has 2 rings (SSSR count). The second-order valence-corrected chi connectivity index (χ2v) is 4.07. The molecule has 0 atom stereocenters. The molecule has 0 aliphatic carbocycles. The molecule has 0 unspecified atom stereocenters. The van der Waals surface area contributed by atoms with E-state index < -0.39 is 5.97 Å². The lowest BCUT2D eigenvalue weighted by molar-refractivity contribution is 0.0693. The Hall–Kier alpha value is -1.91. The van der Waals surface area contributed by atoms with Gasteiger partial charge in [-0.25, -0.2) is 14.8 Å². The third kappa shape index (κ3) is 1.54. The predicted molar refractivity (Wildman–Crippen MR) is 58.8 cm³/mol. The van der Waals surface area contributed by atoms with Crippen molar-refractivity contribution in [3.05, 3.63) is 29.5 Å². The van der Waals surface area contributed by atoms with Gasteiger partial charge >= 0.3 is 5.97 Å². The Bertz CT molecular complexity index is 558. The molecule has 2 heterocycles. The second-order valence-electron chi connectivity index (χ2n) is 4.07. The third-order valence-corrected chi connectivity index (χ3v) is 2.45. The first-order valence-electron chi connectivity index (χ1n) is 5.08. The Kier molecular flexibility index (Phi) is 2.38. The van der Waals surface area contributed by atoms with E-state index in [1.165, 1.54) is 6.33 Å². The standard InChI is InChI=1S/C11H13N3O2/c1-6(2)8-4-7(3)13-10-9(11(15)16)12-5-14(8)10/h4-6H,1-3H3,(H,15,16). The number of carboxylic acid groups (broad SMARTS) is 1. The molecule has 5 nitrogen and oxygen atoms in total. The smallest absolute Gasteiger partial charge is 0.358 e. The van der Waals surface area contributed by atoms with Crippen molar-refractivity contribution in [3.63, 3.8) is 0 Å². The maximum atomic E-state index is 11.0. The Balaban J connectivity index is 2.80. The van der Waals surface area contributed by atoms with Crippen LogP contribution in [-0.4, -0.2) is 25.4 Å². The molecule has 0 bridgehead atoms. The summed E-state index contributed by atoms with van der Waals surface area (Å²) in [5.74, 6) is -0.754. The third-order valence-electron chi connectivity index (χ3n) is 2.45. The lowest BCUT2D eigenvalue weighted by Gasteiger charge is -2.09. The number of hydrogen-bond donors (Lipinski definition) is 1. The van der Waals surface area contributed by atoms with Crippen LogP contribution in [0.5, 0.6) is 0 Å². The summed E-state index contributed by atoms with van der Waals surface area (Å²) in [5, 5.41) is 8.98. The number of nitrogens with zero attached hydrogens (tertiary/aromatic N) is 3. The van der Waals surface area contributed by atoms with Crippen molar-refractivity contribution in [2.75, 3.05) is 0 Å². The van der Waals surface area contributed by atoms with Crippen LogP contribution in [-0.2, 0) is 0 Å². The highest BCUT2D eigenvalue weighted by Gasteiger charge is 2.16. The second kappa shape index (κ2) is 3.59. The minimum absolute atomic E-state index is 0.00519. The number of aromatic nitrogens is 3. The Labute approximate surface area is 92.8 Å². The highest BCUT2D eigenvalue weighted by molar-refractivity contribution is 5.92. The average molecular weight is 219 g/mol. The number of hydrogen-bond acceptors (Lipinski definition) is 3. The minimum atomic E-state index is -1.05. The van der Waals surface area contributed by atoms with Crippen LogP contribution in [0.4, 0.5) is 0 Å². The Morgan fingerprint density at radius 2 is 2.19 bits per heavy atom. The summed E-state index contributed by atoms with van der Waals surface area (Å²) in [4.78, 5) is 19.1. The molecule has 0 saturated heterocycles. The molecule has 0 aliphatic rings. The molecule has 0 aliphatic heterocycles. The molecule has 84 valence electrons. The molecule has 0 spiro atoms. The van der Waals surface area contributed by atoms with Crippen molar-refractivity contribution in [2.45, 2.75) is 26.7 Å². The van der Waals surface area contributed by atoms with Gasteiger partial charge in [-0.15, -0.1) is 0 Å². The molecular weight excluding hydrogens is 206 g/mol. The summed E-state index contributed by atoms with van der Waals surface area (Å²) in [6.07, 6.45) is 1.51. The minimum Gasteiger partial charge on any atom is -0.476 e. The van der Waals surface area contributed by atoms with Crippen molar-refractivity contribution in [1.82, 2.24) is 14.4 Å². The van der Waals surface area contributed by atoms with Gasteiger partial charge in [0.05, 0.1) is 0 Å². The van der Waals surface area contributed by atoms with Crippen molar-refractivity contribution in [1.29, 1.82) is 0 Å². The van der Waals surface area contributed by atoms with Crippen LogP contribution < -0.4 is 0 Å². The van der Waals surface area contributed by atoms with Gasteiger partial charge in [0.15, 0.2) is 11.3 Å². The molecule has 0 aromatic carbocycles. The van der Waals surface area contributed by atoms with Crippen molar-refractivity contribution >= 4 is 11.6 Å². The zero-order valence-corrected chi connectivity index (χ0v) is 9.43. The summed E-state index contributed by atoms with van der Waals surface area (Å²) >= 11 is 0. The zero-order chi connectivity index (χ0) is 11.9. The molecule has 0 saturated carbocycles. The highest BCUT2D eigenvalue weighted by Crippen LogP contribution is 2.18. The predicted octanol–water partition coefficient (Wildman–Crippen LogP) is 1.86. The molecule has 16 heavy (non-hydrogen) atoms. The topological polar surface area (TPSA) is 67.5 Å². The Morgan fingerprint density at radius 1 is 1.50 bits per heavy atom. The van der Waals surface area contributed by atoms with E-state index in [1.54, 1.807) is 4.40 Å². The maximum absolute atomic E-state index is 11.0. The van der Waals surface area contributed by atoms with Crippen LogP contribution in [0.25, 0.3) is 5.65 Å². The van der Waals surface area contributed by atoms with Crippen LogP contribution in [0.3, 0.4) is 0 Å². The molecule has 0 radical (unpaired) electrons. The molecule has 1 N–H and O–H groups in total. The summed E-state index contributed by atoms with van der Waals surface area (Å²) in [6.45, 7) is 5.95. The summed E-state index contributed by atoms with van der Waals surface area (Å²) in [5.41, 5.74) is 2.24. The first kappa shape index (κ1) is 10.6. The average Bonchev–Trinajstić information content (AvgIpc) is 2.59. The van der Waals surface area contributed by atoms with Crippen molar-refractivity contribution in [3.8, 4) is 0 Å². The van der Waals surface area contributed by atoms with E-state index in [1.807, 2.05) is 13.0 Å². The first-order chi connectivity index (χ1) is 7.50. The summed E-state index contributed by atoms with van der Waals surface area (Å²) in [6, 6.07) is 1.95. The number of aryl methyl sites for hydroxylation is 1. The summed E-state index contributed by atoms with van der Waals surface area (Å²) in [7, 11) is 0. The fourth-order valence-electron chi connectivity index (χ4n) is 1.72. The van der Waals surface area contributed by atoms with Gasteiger partial charge in [0, 0.05) is 11.4 Å². The zero-order valence-electron chi connectivity index (χ0n) is 9.43. The van der Waals surface area contributed by atoms with E-state index in [2.05, 4.69) is 23.8 Å². The van der Waals surface area contributed by atoms with Crippen LogP contribution >= 0.6 is 0 Å². The fourth-order valence-corrected chi connectivity index (χ4v) is 1.72. The normalized spacial score (nSPS) is 11.2. The van der Waals surface area contributed by atoms with Gasteiger partial charge in [-0.2, -0.15) is 0 Å². The van der Waals surface area contributed by atoms with Gasteiger partial charge in [-0.05, 0) is 18.9 Å². The maximum Gasteiger partial charge on any atom is 0.358 e. The highest BCUT2D eigenvalue weighted by atomic mass is 16.4.